The summed E-state index contributed by atoms with van der Waals surface area (Å²) in [6.45, 7) is 4.08. The van der Waals surface area contributed by atoms with E-state index in [-0.39, 0.29) is 0 Å². The van der Waals surface area contributed by atoms with E-state index in [1.54, 1.807) is 0 Å². The molecule has 0 saturated carbocycles. The maximum absolute atomic E-state index is 10.1. The van der Waals surface area contributed by atoms with E-state index in [9.17, 15) is 4.79 Å². The van der Waals surface area contributed by atoms with Crippen LogP contribution in [0.15, 0.2) is 12.2 Å². The van der Waals surface area contributed by atoms with Crippen molar-refractivity contribution in [2.24, 2.45) is 5.92 Å². The zero-order chi connectivity index (χ0) is 8.69. The van der Waals surface area contributed by atoms with Crippen LogP contribution in [0.3, 0.4) is 0 Å². The molecule has 0 aliphatic heterocycles. The van der Waals surface area contributed by atoms with Crippen molar-refractivity contribution in [2.75, 3.05) is 0 Å². The highest BCUT2D eigenvalue weighted by Gasteiger charge is 1.99. The SMILES string of the molecule is CC=CC(C)CCCC(=O)O. The standard InChI is InChI=1S/C9H16O2/c1-3-5-8(2)6-4-7-9(10)11/h3,5,8H,4,6-7H2,1-2H3,(H,10,11). The van der Waals surface area contributed by atoms with Crippen LogP contribution in [0.1, 0.15) is 33.1 Å². The molecule has 1 unspecified atom stereocenters. The average molecular weight is 156 g/mol. The summed E-state index contributed by atoms with van der Waals surface area (Å²) in [5, 5.41) is 8.34. The molecular weight excluding hydrogens is 140 g/mol. The molecule has 0 aromatic rings. The first-order chi connectivity index (χ1) is 5.16. The first kappa shape index (κ1) is 10.2. The summed E-state index contributed by atoms with van der Waals surface area (Å²) in [6, 6.07) is 0. The molecule has 0 bridgehead atoms. The summed E-state index contributed by atoms with van der Waals surface area (Å²) < 4.78 is 0. The van der Waals surface area contributed by atoms with Gasteiger partial charge in [-0.1, -0.05) is 19.1 Å². The van der Waals surface area contributed by atoms with E-state index >= 15 is 0 Å². The highest BCUT2D eigenvalue weighted by Crippen LogP contribution is 2.08. The number of rotatable bonds is 5. The topological polar surface area (TPSA) is 37.3 Å². The van der Waals surface area contributed by atoms with Crippen LogP contribution in [0.4, 0.5) is 0 Å². The smallest absolute Gasteiger partial charge is 0.303 e. The predicted molar refractivity (Wildman–Crippen MR) is 45.5 cm³/mol. The van der Waals surface area contributed by atoms with Gasteiger partial charge >= 0.3 is 5.97 Å². The summed E-state index contributed by atoms with van der Waals surface area (Å²) >= 11 is 0. The van der Waals surface area contributed by atoms with Crippen LogP contribution in [0.2, 0.25) is 0 Å². The number of allylic oxidation sites excluding steroid dienone is 2. The minimum absolute atomic E-state index is 0.294. The van der Waals surface area contributed by atoms with Crippen molar-refractivity contribution in [2.45, 2.75) is 33.1 Å². The zero-order valence-corrected chi connectivity index (χ0v) is 7.21. The highest BCUT2D eigenvalue weighted by molar-refractivity contribution is 5.66. The van der Waals surface area contributed by atoms with Gasteiger partial charge in [0.2, 0.25) is 0 Å². The second-order valence-electron chi connectivity index (χ2n) is 2.79. The molecule has 2 heteroatoms. The van der Waals surface area contributed by atoms with E-state index in [2.05, 4.69) is 13.0 Å². The molecule has 0 radical (unpaired) electrons. The Labute approximate surface area is 67.9 Å². The van der Waals surface area contributed by atoms with Gasteiger partial charge in [-0.15, -0.1) is 0 Å². The Balaban J connectivity index is 3.31. The monoisotopic (exact) mass is 156 g/mol. The minimum Gasteiger partial charge on any atom is -0.481 e. The maximum Gasteiger partial charge on any atom is 0.303 e. The van der Waals surface area contributed by atoms with Crippen molar-refractivity contribution in [3.8, 4) is 0 Å². The second kappa shape index (κ2) is 5.96. The second-order valence-corrected chi connectivity index (χ2v) is 2.79. The molecule has 0 aromatic heterocycles. The van der Waals surface area contributed by atoms with Crippen molar-refractivity contribution in [1.82, 2.24) is 0 Å². The van der Waals surface area contributed by atoms with Crippen LogP contribution >= 0.6 is 0 Å². The van der Waals surface area contributed by atoms with Gasteiger partial charge in [0, 0.05) is 6.42 Å². The van der Waals surface area contributed by atoms with E-state index in [1.165, 1.54) is 0 Å². The summed E-state index contributed by atoms with van der Waals surface area (Å²) in [7, 11) is 0. The van der Waals surface area contributed by atoms with Crippen molar-refractivity contribution < 1.29 is 9.90 Å². The largest absolute Gasteiger partial charge is 0.481 e. The van der Waals surface area contributed by atoms with E-state index < -0.39 is 5.97 Å². The maximum atomic E-state index is 10.1. The number of aliphatic carboxylic acids is 1. The molecule has 0 fully saturated rings. The summed E-state index contributed by atoms with van der Waals surface area (Å²) in [6.07, 6.45) is 6.15. The normalized spacial score (nSPS) is 13.6. The Morgan fingerprint density at radius 3 is 2.73 bits per heavy atom. The van der Waals surface area contributed by atoms with Crippen LogP contribution in [-0.2, 0) is 4.79 Å². The molecular formula is C9H16O2. The highest BCUT2D eigenvalue weighted by atomic mass is 16.4. The van der Waals surface area contributed by atoms with Gasteiger partial charge in [-0.05, 0) is 25.7 Å². The van der Waals surface area contributed by atoms with Gasteiger partial charge in [0.15, 0.2) is 0 Å². The van der Waals surface area contributed by atoms with E-state index in [1.807, 2.05) is 13.0 Å². The van der Waals surface area contributed by atoms with Crippen molar-refractivity contribution in [3.05, 3.63) is 12.2 Å². The summed E-state index contributed by atoms with van der Waals surface area (Å²) in [4.78, 5) is 10.1. The van der Waals surface area contributed by atoms with Gasteiger partial charge in [-0.3, -0.25) is 4.79 Å². The lowest BCUT2D eigenvalue weighted by atomic mass is 10.0. The predicted octanol–water partition coefficient (Wildman–Crippen LogP) is 2.45. The minimum atomic E-state index is -0.697. The number of hydrogen-bond acceptors (Lipinski definition) is 1. The lowest BCUT2D eigenvalue weighted by Crippen LogP contribution is -1.96. The van der Waals surface area contributed by atoms with Crippen molar-refractivity contribution in [1.29, 1.82) is 0 Å². The molecule has 0 amide bonds. The fraction of sp³-hybridized carbons (Fsp3) is 0.667. The fourth-order valence-electron chi connectivity index (χ4n) is 1.00. The molecule has 0 spiro atoms. The van der Waals surface area contributed by atoms with E-state index in [4.69, 9.17) is 5.11 Å². The third-order valence-electron chi connectivity index (χ3n) is 1.57. The molecule has 1 N–H and O–H groups in total. The first-order valence-electron chi connectivity index (χ1n) is 4.01. The molecule has 64 valence electrons. The molecule has 0 aliphatic rings. The first-order valence-corrected chi connectivity index (χ1v) is 4.01. The number of carbonyl (C=O) groups is 1. The molecule has 1 atom stereocenters. The average Bonchev–Trinajstić information content (AvgIpc) is 1.87. The zero-order valence-electron chi connectivity index (χ0n) is 7.21. The molecule has 2 nitrogen and oxygen atoms in total. The van der Waals surface area contributed by atoms with Gasteiger partial charge in [0.1, 0.15) is 0 Å². The number of carboxylic acid groups (broad SMARTS) is 1. The van der Waals surface area contributed by atoms with Crippen LogP contribution < -0.4 is 0 Å². The van der Waals surface area contributed by atoms with Crippen LogP contribution in [0.5, 0.6) is 0 Å². The van der Waals surface area contributed by atoms with Gasteiger partial charge in [0.05, 0.1) is 0 Å². The van der Waals surface area contributed by atoms with E-state index in [0.717, 1.165) is 12.8 Å². The summed E-state index contributed by atoms with van der Waals surface area (Å²) in [5.41, 5.74) is 0. The summed E-state index contributed by atoms with van der Waals surface area (Å²) in [5.74, 6) is -0.183. The van der Waals surface area contributed by atoms with E-state index in [0.29, 0.717) is 12.3 Å². The lowest BCUT2D eigenvalue weighted by Gasteiger charge is -2.02. The van der Waals surface area contributed by atoms with Gasteiger partial charge < -0.3 is 5.11 Å². The molecule has 11 heavy (non-hydrogen) atoms. The Hall–Kier alpha value is -0.790. The Morgan fingerprint density at radius 1 is 1.64 bits per heavy atom. The third kappa shape index (κ3) is 7.10. The number of hydrogen-bond donors (Lipinski definition) is 1. The molecule has 0 aromatic carbocycles. The fourth-order valence-corrected chi connectivity index (χ4v) is 1.00. The third-order valence-corrected chi connectivity index (χ3v) is 1.57. The molecule has 0 heterocycles. The molecule has 0 saturated heterocycles. The molecule has 0 aliphatic carbocycles. The van der Waals surface area contributed by atoms with Gasteiger partial charge in [-0.25, -0.2) is 0 Å². The Morgan fingerprint density at radius 2 is 2.27 bits per heavy atom. The Kier molecular flexibility index (Phi) is 5.53. The molecule has 0 rings (SSSR count). The van der Waals surface area contributed by atoms with Crippen LogP contribution in [0.25, 0.3) is 0 Å². The van der Waals surface area contributed by atoms with Gasteiger partial charge in [0.25, 0.3) is 0 Å². The Bertz CT molecular complexity index is 138. The van der Waals surface area contributed by atoms with Crippen molar-refractivity contribution >= 4 is 5.97 Å². The quantitative estimate of drug-likeness (QED) is 0.621. The van der Waals surface area contributed by atoms with Crippen molar-refractivity contribution in [3.63, 3.8) is 0 Å². The number of carboxylic acids is 1. The van der Waals surface area contributed by atoms with Crippen LogP contribution in [0, 0.1) is 5.92 Å². The van der Waals surface area contributed by atoms with Gasteiger partial charge in [-0.2, -0.15) is 0 Å². The van der Waals surface area contributed by atoms with Crippen LogP contribution in [-0.4, -0.2) is 11.1 Å². The lowest BCUT2D eigenvalue weighted by molar-refractivity contribution is -0.137.